The second kappa shape index (κ2) is 3.77. The topological polar surface area (TPSA) is 35.6 Å². The van der Waals surface area contributed by atoms with Crippen LogP contribution in [0.15, 0.2) is 6.33 Å². The van der Waals surface area contributed by atoms with Gasteiger partial charge in [0.05, 0.1) is 0 Å². The molecule has 0 aliphatic carbocycles. The molecule has 0 aliphatic rings. The largest absolute Gasteiger partial charge is 0.352 e. The van der Waals surface area contributed by atoms with E-state index in [2.05, 4.69) is 42.5 Å². The van der Waals surface area contributed by atoms with Crippen molar-refractivity contribution in [3.8, 4) is 0 Å². The van der Waals surface area contributed by atoms with Gasteiger partial charge < -0.3 is 4.57 Å². The summed E-state index contributed by atoms with van der Waals surface area (Å²) in [5, 5.41) is 4.32. The van der Waals surface area contributed by atoms with Gasteiger partial charge in [0.1, 0.15) is 6.33 Å². The zero-order chi connectivity index (χ0) is 11.9. The van der Waals surface area contributed by atoms with Crippen molar-refractivity contribution in [2.24, 2.45) is 14.1 Å². The van der Waals surface area contributed by atoms with E-state index in [1.54, 1.807) is 11.0 Å². The molecular weight excluding hydrogens is 200 g/mol. The highest BCUT2D eigenvalue weighted by Crippen LogP contribution is 2.21. The lowest BCUT2D eigenvalue weighted by atomic mass is 10.1. The Kier molecular flexibility index (Phi) is 2.58. The molecule has 0 spiro atoms. The molecule has 2 aromatic heterocycles. The molecule has 0 atom stereocenters. The number of aromatic nitrogens is 4. The molecule has 0 N–H and O–H groups in total. The van der Waals surface area contributed by atoms with E-state index in [9.17, 15) is 0 Å². The Morgan fingerprint density at radius 2 is 1.81 bits per heavy atom. The number of hydrogen-bond donors (Lipinski definition) is 0. The van der Waals surface area contributed by atoms with Gasteiger partial charge in [-0.25, -0.2) is 4.98 Å². The molecule has 16 heavy (non-hydrogen) atoms. The summed E-state index contributed by atoms with van der Waals surface area (Å²) in [6, 6.07) is 0. The quantitative estimate of drug-likeness (QED) is 0.768. The molecule has 4 nitrogen and oxygen atoms in total. The van der Waals surface area contributed by atoms with Gasteiger partial charge in [0.15, 0.2) is 5.82 Å². The summed E-state index contributed by atoms with van der Waals surface area (Å²) < 4.78 is 3.98. The smallest absolute Gasteiger partial charge is 0.155 e. The highest BCUT2D eigenvalue weighted by atomic mass is 15.3. The van der Waals surface area contributed by atoms with Crippen molar-refractivity contribution < 1.29 is 0 Å². The van der Waals surface area contributed by atoms with Gasteiger partial charge in [-0.3, -0.25) is 4.68 Å². The first-order valence-corrected chi connectivity index (χ1v) is 5.46. The molecule has 0 radical (unpaired) electrons. The average molecular weight is 218 g/mol. The molecule has 0 aromatic carbocycles. The first-order valence-electron chi connectivity index (χ1n) is 5.46. The molecular formula is C12H18N4. The summed E-state index contributed by atoms with van der Waals surface area (Å²) in [6.45, 7) is 6.47. The lowest BCUT2D eigenvalue weighted by Crippen LogP contribution is -1.97. The summed E-state index contributed by atoms with van der Waals surface area (Å²) in [5.74, 6) is 0.888. The van der Waals surface area contributed by atoms with Crippen LogP contribution in [0.3, 0.4) is 0 Å². The molecule has 2 heterocycles. The van der Waals surface area contributed by atoms with Crippen LogP contribution >= 0.6 is 0 Å². The fourth-order valence-corrected chi connectivity index (χ4v) is 2.08. The molecule has 2 rings (SSSR count). The van der Waals surface area contributed by atoms with E-state index < -0.39 is 0 Å². The van der Waals surface area contributed by atoms with Crippen LogP contribution in [0.2, 0.25) is 0 Å². The van der Waals surface area contributed by atoms with Crippen molar-refractivity contribution in [3.05, 3.63) is 34.7 Å². The molecule has 0 aliphatic heterocycles. The van der Waals surface area contributed by atoms with Crippen LogP contribution in [0, 0.1) is 20.8 Å². The fourth-order valence-electron chi connectivity index (χ4n) is 2.08. The van der Waals surface area contributed by atoms with Crippen LogP contribution in [0.5, 0.6) is 0 Å². The third-order valence-electron chi connectivity index (χ3n) is 3.42. The SMILES string of the molecule is Cc1c(Cc2ncn(C)n2)c(C)n(C)c1C. The van der Waals surface area contributed by atoms with Gasteiger partial charge in [-0.2, -0.15) is 5.10 Å². The Labute approximate surface area is 95.9 Å². The van der Waals surface area contributed by atoms with Gasteiger partial charge in [-0.15, -0.1) is 0 Å². The van der Waals surface area contributed by atoms with Gasteiger partial charge in [0, 0.05) is 31.9 Å². The van der Waals surface area contributed by atoms with E-state index in [0.717, 1.165) is 12.2 Å². The summed E-state index contributed by atoms with van der Waals surface area (Å²) in [4.78, 5) is 4.27. The molecule has 0 fully saturated rings. The van der Waals surface area contributed by atoms with Crippen LogP contribution < -0.4 is 0 Å². The van der Waals surface area contributed by atoms with Gasteiger partial charge in [-0.05, 0) is 31.9 Å². The third kappa shape index (κ3) is 1.64. The first-order chi connectivity index (χ1) is 7.50. The maximum atomic E-state index is 4.32. The Hall–Kier alpha value is -1.58. The summed E-state index contributed by atoms with van der Waals surface area (Å²) in [5.41, 5.74) is 5.34. The zero-order valence-electron chi connectivity index (χ0n) is 10.6. The van der Waals surface area contributed by atoms with Gasteiger partial charge in [-0.1, -0.05) is 0 Å². The Bertz CT molecular complexity index is 494. The summed E-state index contributed by atoms with van der Waals surface area (Å²) in [6.07, 6.45) is 2.57. The average Bonchev–Trinajstić information content (AvgIpc) is 2.73. The molecule has 2 aromatic rings. The maximum Gasteiger partial charge on any atom is 0.155 e. The summed E-state index contributed by atoms with van der Waals surface area (Å²) >= 11 is 0. The second-order valence-electron chi connectivity index (χ2n) is 4.34. The number of nitrogens with zero attached hydrogens (tertiary/aromatic N) is 4. The standard InChI is InChI=1S/C12H18N4/c1-8-9(2)16(5)10(3)11(8)6-12-13-7-15(4)14-12/h7H,6H2,1-5H3. The minimum absolute atomic E-state index is 0.820. The predicted octanol–water partition coefficient (Wildman–Crippen LogP) is 1.67. The molecule has 0 amide bonds. The van der Waals surface area contributed by atoms with E-state index in [0.29, 0.717) is 0 Å². The van der Waals surface area contributed by atoms with E-state index in [4.69, 9.17) is 0 Å². The van der Waals surface area contributed by atoms with Gasteiger partial charge in [0.2, 0.25) is 0 Å². The van der Waals surface area contributed by atoms with Crippen LogP contribution in [-0.2, 0) is 20.5 Å². The lowest BCUT2D eigenvalue weighted by Gasteiger charge is -2.00. The Balaban J connectivity index is 2.38. The van der Waals surface area contributed by atoms with Crippen LogP contribution in [0.1, 0.15) is 28.3 Å². The molecule has 0 saturated carbocycles. The fraction of sp³-hybridized carbons (Fsp3) is 0.500. The normalized spacial score (nSPS) is 11.1. The van der Waals surface area contributed by atoms with E-state index in [1.165, 1.54) is 22.5 Å². The van der Waals surface area contributed by atoms with Crippen molar-refractivity contribution >= 4 is 0 Å². The van der Waals surface area contributed by atoms with Crippen LogP contribution in [0.25, 0.3) is 0 Å². The third-order valence-corrected chi connectivity index (χ3v) is 3.42. The zero-order valence-corrected chi connectivity index (χ0v) is 10.6. The van der Waals surface area contributed by atoms with E-state index >= 15 is 0 Å². The van der Waals surface area contributed by atoms with E-state index in [1.807, 2.05) is 7.05 Å². The predicted molar refractivity (Wildman–Crippen MR) is 63.4 cm³/mol. The molecule has 0 unspecified atom stereocenters. The van der Waals surface area contributed by atoms with Crippen molar-refractivity contribution in [2.75, 3.05) is 0 Å². The molecule has 0 saturated heterocycles. The lowest BCUT2D eigenvalue weighted by molar-refractivity contribution is 0.748. The molecule has 4 heteroatoms. The Morgan fingerprint density at radius 3 is 2.25 bits per heavy atom. The van der Waals surface area contributed by atoms with Crippen molar-refractivity contribution in [1.29, 1.82) is 0 Å². The first kappa shape index (κ1) is 10.9. The Morgan fingerprint density at radius 1 is 1.12 bits per heavy atom. The van der Waals surface area contributed by atoms with E-state index in [-0.39, 0.29) is 0 Å². The monoisotopic (exact) mass is 218 g/mol. The van der Waals surface area contributed by atoms with Crippen LogP contribution in [0.4, 0.5) is 0 Å². The van der Waals surface area contributed by atoms with Crippen molar-refractivity contribution in [2.45, 2.75) is 27.2 Å². The molecule has 0 bridgehead atoms. The summed E-state index contributed by atoms with van der Waals surface area (Å²) in [7, 11) is 4.00. The minimum atomic E-state index is 0.820. The van der Waals surface area contributed by atoms with Crippen molar-refractivity contribution in [3.63, 3.8) is 0 Å². The number of hydrogen-bond acceptors (Lipinski definition) is 2. The van der Waals surface area contributed by atoms with Gasteiger partial charge in [0.25, 0.3) is 0 Å². The minimum Gasteiger partial charge on any atom is -0.352 e. The molecule has 86 valence electrons. The number of aryl methyl sites for hydroxylation is 1. The highest BCUT2D eigenvalue weighted by Gasteiger charge is 2.13. The maximum absolute atomic E-state index is 4.32. The number of rotatable bonds is 2. The van der Waals surface area contributed by atoms with Crippen molar-refractivity contribution in [1.82, 2.24) is 19.3 Å². The second-order valence-corrected chi connectivity index (χ2v) is 4.34. The van der Waals surface area contributed by atoms with Gasteiger partial charge >= 0.3 is 0 Å². The highest BCUT2D eigenvalue weighted by molar-refractivity contribution is 5.38. The van der Waals surface area contributed by atoms with Crippen LogP contribution in [-0.4, -0.2) is 19.3 Å².